The van der Waals surface area contributed by atoms with Crippen LogP contribution in [0.4, 0.5) is 5.95 Å². The van der Waals surface area contributed by atoms with Crippen LogP contribution < -0.4 is 5.32 Å². The van der Waals surface area contributed by atoms with Crippen LogP contribution in [0.15, 0.2) is 37.4 Å². The SMILES string of the molecule is C=CCNc1nccn1CCc1nccn1C. The predicted octanol–water partition coefficient (Wildman–Crippen LogP) is 1.46. The summed E-state index contributed by atoms with van der Waals surface area (Å²) in [5, 5.41) is 3.19. The first-order chi connectivity index (χ1) is 8.31. The predicted molar refractivity (Wildman–Crippen MR) is 67.8 cm³/mol. The summed E-state index contributed by atoms with van der Waals surface area (Å²) in [4.78, 5) is 8.55. The van der Waals surface area contributed by atoms with Gasteiger partial charge in [0.25, 0.3) is 0 Å². The van der Waals surface area contributed by atoms with Gasteiger partial charge in [0, 0.05) is 51.3 Å². The van der Waals surface area contributed by atoms with Crippen LogP contribution in [0.3, 0.4) is 0 Å². The Bertz CT molecular complexity index is 483. The van der Waals surface area contributed by atoms with E-state index in [4.69, 9.17) is 0 Å². The van der Waals surface area contributed by atoms with Gasteiger partial charge in [-0.05, 0) is 0 Å². The lowest BCUT2D eigenvalue weighted by Crippen LogP contribution is -2.10. The zero-order valence-corrected chi connectivity index (χ0v) is 10.0. The van der Waals surface area contributed by atoms with E-state index in [9.17, 15) is 0 Å². The van der Waals surface area contributed by atoms with Crippen molar-refractivity contribution in [2.24, 2.45) is 7.05 Å². The van der Waals surface area contributed by atoms with Crippen LogP contribution in [-0.2, 0) is 20.0 Å². The molecule has 0 atom stereocenters. The topological polar surface area (TPSA) is 47.7 Å². The highest BCUT2D eigenvalue weighted by molar-refractivity contribution is 5.26. The molecule has 2 aromatic heterocycles. The minimum Gasteiger partial charge on any atom is -0.352 e. The number of anilines is 1. The van der Waals surface area contributed by atoms with Crippen molar-refractivity contribution in [2.45, 2.75) is 13.0 Å². The van der Waals surface area contributed by atoms with Crippen LogP contribution in [0.5, 0.6) is 0 Å². The monoisotopic (exact) mass is 231 g/mol. The van der Waals surface area contributed by atoms with Gasteiger partial charge in [0.05, 0.1) is 0 Å². The van der Waals surface area contributed by atoms with E-state index in [1.807, 2.05) is 36.3 Å². The maximum Gasteiger partial charge on any atom is 0.203 e. The average Bonchev–Trinajstić information content (AvgIpc) is 2.93. The highest BCUT2D eigenvalue weighted by atomic mass is 15.2. The number of nitrogens with one attached hydrogen (secondary N) is 1. The van der Waals surface area contributed by atoms with E-state index < -0.39 is 0 Å². The lowest BCUT2D eigenvalue weighted by molar-refractivity contribution is 0.654. The third-order valence-corrected chi connectivity index (χ3v) is 2.62. The van der Waals surface area contributed by atoms with Gasteiger partial charge in [-0.25, -0.2) is 9.97 Å². The Morgan fingerprint density at radius 1 is 1.35 bits per heavy atom. The second-order valence-electron chi connectivity index (χ2n) is 3.82. The van der Waals surface area contributed by atoms with Crippen molar-refractivity contribution in [3.8, 4) is 0 Å². The molecule has 0 bridgehead atoms. The van der Waals surface area contributed by atoms with E-state index in [0.29, 0.717) is 0 Å². The third kappa shape index (κ3) is 2.75. The van der Waals surface area contributed by atoms with Crippen molar-refractivity contribution >= 4 is 5.95 Å². The van der Waals surface area contributed by atoms with E-state index in [-0.39, 0.29) is 0 Å². The highest BCUT2D eigenvalue weighted by Gasteiger charge is 2.03. The van der Waals surface area contributed by atoms with Crippen molar-refractivity contribution in [1.82, 2.24) is 19.1 Å². The molecule has 2 rings (SSSR count). The van der Waals surface area contributed by atoms with Crippen molar-refractivity contribution in [3.63, 3.8) is 0 Å². The molecule has 1 N–H and O–H groups in total. The van der Waals surface area contributed by atoms with Crippen molar-refractivity contribution in [3.05, 3.63) is 43.3 Å². The Morgan fingerprint density at radius 3 is 2.88 bits per heavy atom. The Hall–Kier alpha value is -2.04. The molecule has 5 nitrogen and oxygen atoms in total. The van der Waals surface area contributed by atoms with Gasteiger partial charge in [-0.2, -0.15) is 0 Å². The van der Waals surface area contributed by atoms with Gasteiger partial charge in [-0.1, -0.05) is 6.08 Å². The van der Waals surface area contributed by atoms with Crippen LogP contribution in [0.25, 0.3) is 0 Å². The standard InChI is InChI=1S/C12H17N5/c1-3-5-14-12-15-7-10-17(12)8-4-11-13-6-9-16(11)2/h3,6-7,9-10H,1,4-5,8H2,2H3,(H,14,15). The molecule has 0 saturated heterocycles. The average molecular weight is 231 g/mol. The summed E-state index contributed by atoms with van der Waals surface area (Å²) in [7, 11) is 2.01. The molecule has 2 heterocycles. The molecule has 0 saturated carbocycles. The Kier molecular flexibility index (Phi) is 3.59. The summed E-state index contributed by atoms with van der Waals surface area (Å²) in [5.74, 6) is 1.95. The zero-order chi connectivity index (χ0) is 12.1. The second-order valence-corrected chi connectivity index (χ2v) is 3.82. The molecule has 0 fully saturated rings. The van der Waals surface area contributed by atoms with Gasteiger partial charge in [0.2, 0.25) is 5.95 Å². The van der Waals surface area contributed by atoms with Crippen LogP contribution >= 0.6 is 0 Å². The van der Waals surface area contributed by atoms with Crippen LogP contribution in [0.2, 0.25) is 0 Å². The smallest absolute Gasteiger partial charge is 0.203 e. The molecular formula is C12H17N5. The van der Waals surface area contributed by atoms with Gasteiger partial charge < -0.3 is 14.5 Å². The molecule has 2 aromatic rings. The second kappa shape index (κ2) is 5.34. The van der Waals surface area contributed by atoms with Crippen molar-refractivity contribution in [1.29, 1.82) is 0 Å². The van der Waals surface area contributed by atoms with E-state index in [1.165, 1.54) is 0 Å². The van der Waals surface area contributed by atoms with E-state index in [2.05, 4.69) is 26.4 Å². The van der Waals surface area contributed by atoms with Gasteiger partial charge in [-0.15, -0.1) is 6.58 Å². The van der Waals surface area contributed by atoms with Crippen LogP contribution in [0.1, 0.15) is 5.82 Å². The number of nitrogens with zero attached hydrogens (tertiary/aromatic N) is 4. The lowest BCUT2D eigenvalue weighted by atomic mass is 10.4. The summed E-state index contributed by atoms with van der Waals surface area (Å²) in [5.41, 5.74) is 0. The molecule has 0 unspecified atom stereocenters. The summed E-state index contributed by atoms with van der Waals surface area (Å²) in [6.45, 7) is 5.26. The minimum absolute atomic E-state index is 0.722. The highest BCUT2D eigenvalue weighted by Crippen LogP contribution is 2.06. The zero-order valence-electron chi connectivity index (χ0n) is 10.0. The van der Waals surface area contributed by atoms with Gasteiger partial charge in [-0.3, -0.25) is 0 Å². The first-order valence-corrected chi connectivity index (χ1v) is 5.63. The van der Waals surface area contributed by atoms with E-state index in [0.717, 1.165) is 31.3 Å². The molecule has 0 spiro atoms. The summed E-state index contributed by atoms with van der Waals surface area (Å²) in [6.07, 6.45) is 10.2. The molecule has 0 aromatic carbocycles. The summed E-state index contributed by atoms with van der Waals surface area (Å²) >= 11 is 0. The molecule has 90 valence electrons. The number of rotatable bonds is 6. The number of hydrogen-bond acceptors (Lipinski definition) is 3. The summed E-state index contributed by atoms with van der Waals surface area (Å²) in [6, 6.07) is 0. The number of imidazole rings is 2. The van der Waals surface area contributed by atoms with Gasteiger partial charge >= 0.3 is 0 Å². The number of aryl methyl sites for hydroxylation is 3. The summed E-state index contributed by atoms with van der Waals surface area (Å²) < 4.78 is 4.12. The normalized spacial score (nSPS) is 10.4. The quantitative estimate of drug-likeness (QED) is 0.766. The fourth-order valence-corrected chi connectivity index (χ4v) is 1.68. The first-order valence-electron chi connectivity index (χ1n) is 5.63. The van der Waals surface area contributed by atoms with E-state index >= 15 is 0 Å². The lowest BCUT2D eigenvalue weighted by Gasteiger charge is -2.08. The number of aromatic nitrogens is 4. The van der Waals surface area contributed by atoms with Crippen molar-refractivity contribution < 1.29 is 0 Å². The largest absolute Gasteiger partial charge is 0.352 e. The van der Waals surface area contributed by atoms with Crippen LogP contribution in [0, 0.1) is 0 Å². The fourth-order valence-electron chi connectivity index (χ4n) is 1.68. The molecule has 0 aliphatic rings. The third-order valence-electron chi connectivity index (χ3n) is 2.62. The molecule has 0 aliphatic carbocycles. The Morgan fingerprint density at radius 2 is 2.18 bits per heavy atom. The maximum absolute atomic E-state index is 4.30. The maximum atomic E-state index is 4.30. The fraction of sp³-hybridized carbons (Fsp3) is 0.333. The molecule has 0 radical (unpaired) electrons. The number of hydrogen-bond donors (Lipinski definition) is 1. The Balaban J connectivity index is 1.97. The van der Waals surface area contributed by atoms with Crippen LogP contribution in [-0.4, -0.2) is 25.6 Å². The first kappa shape index (κ1) is 11.4. The molecule has 0 aliphatic heterocycles. The Labute approximate surface area is 101 Å². The minimum atomic E-state index is 0.722. The van der Waals surface area contributed by atoms with Gasteiger partial charge in [0.1, 0.15) is 5.82 Å². The molecular weight excluding hydrogens is 214 g/mol. The molecule has 17 heavy (non-hydrogen) atoms. The van der Waals surface area contributed by atoms with E-state index in [1.54, 1.807) is 6.20 Å². The van der Waals surface area contributed by atoms with Crippen molar-refractivity contribution in [2.75, 3.05) is 11.9 Å². The molecule has 0 amide bonds. The molecule has 5 heteroatoms. The van der Waals surface area contributed by atoms with Gasteiger partial charge in [0.15, 0.2) is 0 Å².